The van der Waals surface area contributed by atoms with Crippen molar-refractivity contribution >= 4 is 11.0 Å². The summed E-state index contributed by atoms with van der Waals surface area (Å²) in [6.45, 7) is 6.33. The first-order valence-corrected chi connectivity index (χ1v) is 7.55. The molecule has 0 aliphatic carbocycles. The van der Waals surface area contributed by atoms with E-state index in [1.165, 1.54) is 6.07 Å². The molecule has 0 aromatic heterocycles. The van der Waals surface area contributed by atoms with Gasteiger partial charge in [-0.2, -0.15) is 0 Å². The highest BCUT2D eigenvalue weighted by molar-refractivity contribution is 7.84. The van der Waals surface area contributed by atoms with E-state index in [9.17, 15) is 13.0 Å². The number of halogens is 2. The molecule has 0 radical (unpaired) electrons. The van der Waals surface area contributed by atoms with Crippen LogP contribution in [-0.2, 0) is 11.0 Å². The summed E-state index contributed by atoms with van der Waals surface area (Å²) in [6, 6.07) is 3.17. The molecule has 1 aromatic carbocycles. The molecule has 2 rings (SSSR count). The summed E-state index contributed by atoms with van der Waals surface area (Å²) in [4.78, 5) is 0. The number of nitrogens with zero attached hydrogens (tertiary/aromatic N) is 1. The molecule has 2 atom stereocenters. The molecule has 5 heteroatoms. The Balaban J connectivity index is 2.33. The zero-order valence-corrected chi connectivity index (χ0v) is 12.3. The molecule has 0 amide bonds. The Morgan fingerprint density at radius 3 is 2.63 bits per heavy atom. The van der Waals surface area contributed by atoms with Gasteiger partial charge < -0.3 is 0 Å². The summed E-state index contributed by atoms with van der Waals surface area (Å²) in [5.74, 6) is -0.881. The average molecular weight is 287 g/mol. The van der Waals surface area contributed by atoms with Crippen molar-refractivity contribution in [1.82, 2.24) is 4.31 Å². The first kappa shape index (κ1) is 14.6. The monoisotopic (exact) mass is 287 g/mol. The minimum Gasteiger partial charge on any atom is -0.242 e. The Morgan fingerprint density at radius 2 is 2.00 bits per heavy atom. The fourth-order valence-electron chi connectivity index (χ4n) is 2.37. The van der Waals surface area contributed by atoms with Crippen LogP contribution in [0.3, 0.4) is 0 Å². The summed E-state index contributed by atoms with van der Waals surface area (Å²) >= 11 is 0. The molecule has 0 saturated carbocycles. The SMILES string of the molecule is CC(C)(C)[S@@](=O)N1CCC[C@H]1c1cc(F)ccc1F. The fourth-order valence-corrected chi connectivity index (χ4v) is 3.82. The maximum atomic E-state index is 13.9. The second-order valence-corrected chi connectivity index (χ2v) is 8.02. The van der Waals surface area contributed by atoms with E-state index >= 15 is 0 Å². The highest BCUT2D eigenvalue weighted by atomic mass is 32.2. The summed E-state index contributed by atoms with van der Waals surface area (Å²) in [7, 11) is -1.21. The van der Waals surface area contributed by atoms with E-state index in [0.717, 1.165) is 18.6 Å². The molecule has 1 saturated heterocycles. The van der Waals surface area contributed by atoms with Crippen LogP contribution in [0.5, 0.6) is 0 Å². The second kappa shape index (κ2) is 5.29. The Labute approximate surface area is 115 Å². The van der Waals surface area contributed by atoms with Crippen LogP contribution >= 0.6 is 0 Å². The molecule has 1 aliphatic heterocycles. The Hall–Kier alpha value is -0.810. The predicted octanol–water partition coefficient (Wildman–Crippen LogP) is 3.56. The first-order valence-electron chi connectivity index (χ1n) is 6.44. The highest BCUT2D eigenvalue weighted by Crippen LogP contribution is 2.37. The van der Waals surface area contributed by atoms with Crippen molar-refractivity contribution in [2.24, 2.45) is 0 Å². The van der Waals surface area contributed by atoms with Crippen LogP contribution in [-0.4, -0.2) is 19.8 Å². The van der Waals surface area contributed by atoms with Crippen molar-refractivity contribution in [3.63, 3.8) is 0 Å². The molecule has 1 aromatic rings. The molecule has 1 heterocycles. The largest absolute Gasteiger partial charge is 0.242 e. The van der Waals surface area contributed by atoms with Crippen LogP contribution in [0.15, 0.2) is 18.2 Å². The lowest BCUT2D eigenvalue weighted by Gasteiger charge is -2.30. The molecule has 0 spiro atoms. The standard InChI is InChI=1S/C14H19F2NOS/c1-14(2,3)19(18)17-8-4-5-13(17)11-9-10(15)6-7-12(11)16/h6-7,9,13H,4-5,8H2,1-3H3/t13-,19+/m0/s1. The van der Waals surface area contributed by atoms with Crippen molar-refractivity contribution in [3.8, 4) is 0 Å². The minimum atomic E-state index is -1.21. The fraction of sp³-hybridized carbons (Fsp3) is 0.571. The molecule has 2 nitrogen and oxygen atoms in total. The van der Waals surface area contributed by atoms with Crippen LogP contribution in [0, 0.1) is 11.6 Å². The van der Waals surface area contributed by atoms with E-state index in [1.54, 1.807) is 4.31 Å². The average Bonchev–Trinajstić information content (AvgIpc) is 2.78. The lowest BCUT2D eigenvalue weighted by atomic mass is 10.0. The zero-order valence-electron chi connectivity index (χ0n) is 11.5. The number of hydrogen-bond donors (Lipinski definition) is 0. The predicted molar refractivity (Wildman–Crippen MR) is 72.9 cm³/mol. The van der Waals surface area contributed by atoms with Crippen molar-refractivity contribution in [1.29, 1.82) is 0 Å². The number of rotatable bonds is 2. The molecule has 0 N–H and O–H groups in total. The van der Waals surface area contributed by atoms with Gasteiger partial charge in [0.15, 0.2) is 0 Å². The van der Waals surface area contributed by atoms with E-state index in [-0.39, 0.29) is 6.04 Å². The van der Waals surface area contributed by atoms with Crippen molar-refractivity contribution in [2.45, 2.75) is 44.4 Å². The van der Waals surface area contributed by atoms with Crippen LogP contribution in [0.25, 0.3) is 0 Å². The van der Waals surface area contributed by atoms with Gasteiger partial charge in [0.05, 0.1) is 10.8 Å². The number of benzene rings is 1. The van der Waals surface area contributed by atoms with E-state index in [2.05, 4.69) is 0 Å². The third-order valence-electron chi connectivity index (χ3n) is 3.26. The molecule has 0 bridgehead atoms. The molecule has 0 unspecified atom stereocenters. The Bertz CT molecular complexity index is 499. The summed E-state index contributed by atoms with van der Waals surface area (Å²) < 4.78 is 41.0. The van der Waals surface area contributed by atoms with Crippen LogP contribution in [0.4, 0.5) is 8.78 Å². The van der Waals surface area contributed by atoms with Crippen molar-refractivity contribution in [3.05, 3.63) is 35.4 Å². The van der Waals surface area contributed by atoms with Gasteiger partial charge in [0.1, 0.15) is 22.6 Å². The Morgan fingerprint density at radius 1 is 1.32 bits per heavy atom. The van der Waals surface area contributed by atoms with Gasteiger partial charge in [-0.3, -0.25) is 0 Å². The third kappa shape index (κ3) is 3.03. The summed E-state index contributed by atoms with van der Waals surface area (Å²) in [6.07, 6.45) is 1.56. The van der Waals surface area contributed by atoms with E-state index in [1.807, 2.05) is 20.8 Å². The van der Waals surface area contributed by atoms with Crippen LogP contribution < -0.4 is 0 Å². The van der Waals surface area contributed by atoms with Crippen molar-refractivity contribution < 1.29 is 13.0 Å². The van der Waals surface area contributed by atoms with Gasteiger partial charge in [0, 0.05) is 12.1 Å². The van der Waals surface area contributed by atoms with Gasteiger partial charge in [-0.25, -0.2) is 17.3 Å². The van der Waals surface area contributed by atoms with E-state index in [0.29, 0.717) is 18.5 Å². The molecule has 19 heavy (non-hydrogen) atoms. The van der Waals surface area contributed by atoms with E-state index < -0.39 is 27.4 Å². The number of hydrogen-bond acceptors (Lipinski definition) is 1. The molecule has 1 aliphatic rings. The first-order chi connectivity index (χ1) is 8.80. The van der Waals surface area contributed by atoms with Gasteiger partial charge in [-0.1, -0.05) is 0 Å². The van der Waals surface area contributed by atoms with Crippen LogP contribution in [0.1, 0.15) is 45.2 Å². The molecule has 106 valence electrons. The lowest BCUT2D eigenvalue weighted by molar-refractivity contribution is 0.401. The maximum Gasteiger partial charge on any atom is 0.128 e. The molecule has 1 fully saturated rings. The minimum absolute atomic E-state index is 0.296. The quantitative estimate of drug-likeness (QED) is 0.814. The normalized spacial score (nSPS) is 22.7. The van der Waals surface area contributed by atoms with Gasteiger partial charge in [-0.05, 0) is 51.8 Å². The summed E-state index contributed by atoms with van der Waals surface area (Å²) in [5, 5.41) is 0. The third-order valence-corrected chi connectivity index (χ3v) is 5.17. The van der Waals surface area contributed by atoms with Crippen molar-refractivity contribution in [2.75, 3.05) is 6.54 Å². The van der Waals surface area contributed by atoms with Crippen LogP contribution in [0.2, 0.25) is 0 Å². The maximum absolute atomic E-state index is 13.9. The lowest BCUT2D eigenvalue weighted by Crippen LogP contribution is -2.37. The molecular weight excluding hydrogens is 268 g/mol. The van der Waals surface area contributed by atoms with Gasteiger partial charge in [0.25, 0.3) is 0 Å². The smallest absolute Gasteiger partial charge is 0.128 e. The van der Waals surface area contributed by atoms with Gasteiger partial charge in [0.2, 0.25) is 0 Å². The Kier molecular flexibility index (Phi) is 4.06. The van der Waals surface area contributed by atoms with Gasteiger partial charge >= 0.3 is 0 Å². The summed E-state index contributed by atoms with van der Waals surface area (Å²) in [5.41, 5.74) is 0.315. The zero-order chi connectivity index (χ0) is 14.2. The van der Waals surface area contributed by atoms with Gasteiger partial charge in [-0.15, -0.1) is 0 Å². The highest BCUT2D eigenvalue weighted by Gasteiger charge is 2.36. The van der Waals surface area contributed by atoms with E-state index in [4.69, 9.17) is 0 Å². The topological polar surface area (TPSA) is 20.3 Å². The molecular formula is C14H19F2NOS. The second-order valence-electron chi connectivity index (χ2n) is 5.83.